The van der Waals surface area contributed by atoms with E-state index < -0.39 is 12.5 Å². The lowest BCUT2D eigenvalue weighted by atomic mass is 9.55. The van der Waals surface area contributed by atoms with Gasteiger partial charge in [-0.15, -0.1) is 0 Å². The van der Waals surface area contributed by atoms with E-state index in [0.29, 0.717) is 40.4 Å². The van der Waals surface area contributed by atoms with Crippen LogP contribution in [0.15, 0.2) is 400 Å². The summed E-state index contributed by atoms with van der Waals surface area (Å²) in [7, 11) is -1.52. The largest absolute Gasteiger partial charge is 0.488 e. The summed E-state index contributed by atoms with van der Waals surface area (Å²) in [5.74, 6) is 3.61. The number of halogens is 1. The maximum atomic E-state index is 9.39. The summed E-state index contributed by atoms with van der Waals surface area (Å²) < 4.78 is 0. The van der Waals surface area contributed by atoms with Gasteiger partial charge in [-0.25, -0.2) is 29.9 Å². The van der Waals surface area contributed by atoms with Crippen LogP contribution in [-0.2, 0) is 21.7 Å². The maximum absolute atomic E-state index is 9.39. The molecule has 2 aromatic heterocycles. The highest BCUT2D eigenvalue weighted by atomic mass is 35.5. The molecule has 0 saturated carbocycles. The lowest BCUT2D eigenvalue weighted by Gasteiger charge is -2.46. The second-order valence-corrected chi connectivity index (χ2v) is 32.6. The Hall–Kier alpha value is -14.2. The summed E-state index contributed by atoms with van der Waals surface area (Å²) in [6.07, 6.45) is 0. The number of nitrogens with zero attached hydrogens (tertiary/aromatic N) is 6. The van der Waals surface area contributed by atoms with Gasteiger partial charge in [-0.2, -0.15) is 0 Å². The summed E-state index contributed by atoms with van der Waals surface area (Å²) in [6, 6.07) is 140. The van der Waals surface area contributed by atoms with Crippen molar-refractivity contribution >= 4 is 24.2 Å². The Kier molecular flexibility index (Phi) is 20.8. The number of hydrogen-bond acceptors (Lipinski definition) is 8. The van der Waals surface area contributed by atoms with Crippen LogP contribution in [-0.4, -0.2) is 47.1 Å². The van der Waals surface area contributed by atoms with E-state index in [1.165, 1.54) is 100 Å². The maximum Gasteiger partial charge on any atom is 0.488 e. The first-order chi connectivity index (χ1) is 58.8. The molecular formula is C112H88BClN6O2. The van der Waals surface area contributed by atoms with Crippen LogP contribution in [0.25, 0.3) is 124 Å². The molecule has 4 aliphatic rings. The Balaban J connectivity index is 0.000000135. The van der Waals surface area contributed by atoms with E-state index in [9.17, 15) is 10.0 Å². The van der Waals surface area contributed by atoms with Crippen molar-refractivity contribution in [1.29, 1.82) is 0 Å². The van der Waals surface area contributed by atoms with E-state index in [1.54, 1.807) is 24.3 Å². The van der Waals surface area contributed by atoms with Gasteiger partial charge in [0.25, 0.3) is 0 Å². The fourth-order valence-electron chi connectivity index (χ4n) is 19.2. The predicted molar refractivity (Wildman–Crippen MR) is 502 cm³/mol. The number of aromatic nitrogens is 6. The summed E-state index contributed by atoms with van der Waals surface area (Å²) >= 11 is 6.81. The summed E-state index contributed by atoms with van der Waals surface area (Å²) in [4.78, 5) is 29.3. The third kappa shape index (κ3) is 13.3. The van der Waals surface area contributed by atoms with Crippen LogP contribution in [0.3, 0.4) is 0 Å². The zero-order chi connectivity index (χ0) is 81.3. The first kappa shape index (κ1) is 79.0. The minimum Gasteiger partial charge on any atom is -0.423 e. The Bertz CT molecular complexity index is 6830. The molecule has 122 heavy (non-hydrogen) atoms. The molecule has 0 fully saturated rings. The van der Waals surface area contributed by atoms with Gasteiger partial charge in [0.1, 0.15) is 0 Å². The van der Waals surface area contributed by atoms with E-state index in [2.05, 4.69) is 313 Å². The zero-order valence-corrected chi connectivity index (χ0v) is 67.4. The fourth-order valence-corrected chi connectivity index (χ4v) is 19.5. The van der Waals surface area contributed by atoms with Crippen molar-refractivity contribution in [3.05, 3.63) is 472 Å². The van der Waals surface area contributed by atoms with Crippen molar-refractivity contribution < 1.29 is 10.0 Å². The molecule has 2 N–H and O–H groups in total. The average Bonchev–Trinajstić information content (AvgIpc) is 1.49. The lowest BCUT2D eigenvalue weighted by molar-refractivity contribution is 0.426. The van der Waals surface area contributed by atoms with E-state index in [0.717, 1.165) is 60.7 Å². The average molecular weight is 1600 g/mol. The van der Waals surface area contributed by atoms with E-state index >= 15 is 0 Å². The standard InChI is InChI=1S/C55H39N3.C28H21Cl.C27H20BN3O2.2CH4/c1-54(2)45-23-11-13-25-47(45)55(48-26-14-12-24-46(48)54)44-22-10-9-20-43(44)50-42(21-15-27-49(50)55)38-30-34-41(35-31-38)53-57-51(39-18-7-4-8-19-39)56-52(58-53)40-32-28-37(29-33-40)36-16-5-3-6-17-36;1-27(2)20-12-5-7-14-22(20)28(23-15-8-6-13-21(23)27)19-11-4-3-10-18(19)26-24(28)16-9-17-25(26)29;32-28(33)24-17-15-23(16-18-24)27-30-25(21-9-5-2-6-10-21)29-26(31-27)22-13-11-20(12-14-22)19-7-3-1-4-8-19;;/h3-35H,1-2H3;3-17H,1-2H3;1-18,32-33H;2*1H4. The predicted octanol–water partition coefficient (Wildman–Crippen LogP) is 26.0. The van der Waals surface area contributed by atoms with Gasteiger partial charge in [-0.05, 0) is 128 Å². The minimum absolute atomic E-state index is 0. The molecule has 4 aliphatic carbocycles. The number of fused-ring (bicyclic) bond motifs is 18. The van der Waals surface area contributed by atoms with Crippen molar-refractivity contribution in [1.82, 2.24) is 29.9 Å². The smallest absolute Gasteiger partial charge is 0.423 e. The van der Waals surface area contributed by atoms with Gasteiger partial charge < -0.3 is 10.0 Å². The molecule has 0 radical (unpaired) electrons. The minimum atomic E-state index is -1.52. The van der Waals surface area contributed by atoms with Crippen molar-refractivity contribution in [2.45, 2.75) is 64.2 Å². The molecule has 18 aromatic rings. The van der Waals surface area contributed by atoms with Crippen LogP contribution in [0.2, 0.25) is 5.02 Å². The molecule has 10 heteroatoms. The molecule has 0 atom stereocenters. The summed E-state index contributed by atoms with van der Waals surface area (Å²) in [6.45, 7) is 9.43. The quantitative estimate of drug-likeness (QED) is 0.130. The first-order valence-electron chi connectivity index (χ1n) is 40.8. The molecule has 588 valence electrons. The van der Waals surface area contributed by atoms with E-state index in [1.807, 2.05) is 91.0 Å². The van der Waals surface area contributed by atoms with E-state index in [-0.39, 0.29) is 31.1 Å². The molecule has 0 saturated heterocycles. The molecule has 2 heterocycles. The van der Waals surface area contributed by atoms with Crippen LogP contribution in [0.4, 0.5) is 0 Å². The SMILES string of the molecule is C.C.CC1(C)c2ccccc2C2(c3ccccc3-c3c(-c4ccc(-c5nc(-c6ccccc6)nc(-c6ccc(-c7ccccc7)cc6)n5)cc4)cccc32)c2ccccc21.CC1(C)c2ccccc2C2(c3ccccc3-c3c(Cl)cccc32)c2ccccc21.OB(O)c1ccc(-c2nc(-c3ccccc3)nc(-c3ccc(-c4ccccc4)cc3)n2)cc1. The highest BCUT2D eigenvalue weighted by Crippen LogP contribution is 2.65. The summed E-state index contributed by atoms with van der Waals surface area (Å²) in [5, 5.41) is 19.6. The van der Waals surface area contributed by atoms with Crippen LogP contribution in [0.1, 0.15) is 109 Å². The second kappa shape index (κ2) is 32.2. The van der Waals surface area contributed by atoms with Gasteiger partial charge >= 0.3 is 7.12 Å². The molecule has 22 rings (SSSR count). The van der Waals surface area contributed by atoms with E-state index in [4.69, 9.17) is 41.5 Å². The molecule has 0 unspecified atom stereocenters. The Morgan fingerprint density at radius 3 is 0.762 bits per heavy atom. The molecule has 8 nitrogen and oxygen atoms in total. The monoisotopic (exact) mass is 1590 g/mol. The second-order valence-electron chi connectivity index (χ2n) is 32.2. The van der Waals surface area contributed by atoms with Crippen molar-refractivity contribution in [2.24, 2.45) is 0 Å². The van der Waals surface area contributed by atoms with Crippen molar-refractivity contribution in [2.75, 3.05) is 0 Å². The van der Waals surface area contributed by atoms with Crippen LogP contribution in [0, 0.1) is 0 Å². The van der Waals surface area contributed by atoms with Crippen molar-refractivity contribution in [3.63, 3.8) is 0 Å². The molecule has 2 spiro atoms. The molecule has 0 bridgehead atoms. The highest BCUT2D eigenvalue weighted by molar-refractivity contribution is 6.58. The van der Waals surface area contributed by atoms with Crippen LogP contribution < -0.4 is 5.46 Å². The Morgan fingerprint density at radius 2 is 0.426 bits per heavy atom. The first-order valence-corrected chi connectivity index (χ1v) is 41.2. The van der Waals surface area contributed by atoms with Gasteiger partial charge in [0.15, 0.2) is 34.9 Å². The number of benzene rings is 16. The normalized spacial score (nSPS) is 13.5. The Labute approximate surface area is 719 Å². The number of hydrogen-bond donors (Lipinski definition) is 2. The highest BCUT2D eigenvalue weighted by Gasteiger charge is 2.55. The third-order valence-corrected chi connectivity index (χ3v) is 25.2. The van der Waals surface area contributed by atoms with Gasteiger partial charge in [0, 0.05) is 54.8 Å². The molecule has 0 aliphatic heterocycles. The number of rotatable bonds is 10. The van der Waals surface area contributed by atoms with Crippen LogP contribution >= 0.6 is 11.6 Å². The van der Waals surface area contributed by atoms with Gasteiger partial charge in [0.2, 0.25) is 0 Å². The van der Waals surface area contributed by atoms with Gasteiger partial charge in [-0.1, -0.05) is 448 Å². The van der Waals surface area contributed by atoms with Gasteiger partial charge in [0.05, 0.1) is 10.8 Å². The van der Waals surface area contributed by atoms with Gasteiger partial charge in [-0.3, -0.25) is 0 Å². The zero-order valence-electron chi connectivity index (χ0n) is 66.6. The summed E-state index contributed by atoms with van der Waals surface area (Å²) in [5.41, 5.74) is 33.1. The third-order valence-electron chi connectivity index (χ3n) is 24.9. The lowest BCUT2D eigenvalue weighted by Crippen LogP contribution is -2.40. The molecular weight excluding hydrogens is 1510 g/mol. The molecule has 16 aromatic carbocycles. The molecule has 0 amide bonds. The fraction of sp³-hybridized carbons (Fsp3) is 0.0893. The van der Waals surface area contributed by atoms with Crippen LogP contribution in [0.5, 0.6) is 0 Å². The Morgan fingerprint density at radius 1 is 0.205 bits per heavy atom. The van der Waals surface area contributed by atoms with Crippen molar-refractivity contribution in [3.8, 4) is 124 Å². The topological polar surface area (TPSA) is 118 Å².